The number of ether oxygens (including phenoxy) is 1. The summed E-state index contributed by atoms with van der Waals surface area (Å²) in [6.07, 6.45) is 7.41. The highest BCUT2D eigenvalue weighted by molar-refractivity contribution is 7.17. The Morgan fingerprint density at radius 2 is 1.87 bits per heavy atom. The number of rotatable bonds is 4. The van der Waals surface area contributed by atoms with E-state index < -0.39 is 17.8 Å². The van der Waals surface area contributed by atoms with Crippen LogP contribution in [-0.2, 0) is 27.2 Å². The number of fused-ring (bicyclic) bond motifs is 3. The second-order valence-corrected chi connectivity index (χ2v) is 10.4. The molecule has 8 heteroatoms. The molecule has 0 unspecified atom stereocenters. The van der Waals surface area contributed by atoms with Crippen LogP contribution >= 0.6 is 11.3 Å². The standard InChI is InChI=1S/C23H28N2O5S/c1-12-2-5-15-16(10-12)31-21(19(15)22(27)25-6-8-30-9-7-25)24-20(26)17-13-3-4-14(11-13)18(17)23(28)29/h3-4,12-14,17-18H,2,5-11H2,1H3,(H,24,26)(H,28,29)/t12-,13-,14-,17+,18-/m0/s1. The van der Waals surface area contributed by atoms with Gasteiger partial charge in [0.05, 0.1) is 30.6 Å². The third-order valence-corrected chi connectivity index (χ3v) is 8.48. The number of anilines is 1. The zero-order valence-electron chi connectivity index (χ0n) is 17.6. The fourth-order valence-electron chi connectivity index (χ4n) is 5.70. The Kier molecular flexibility index (Phi) is 5.38. The highest BCUT2D eigenvalue weighted by atomic mass is 32.1. The zero-order valence-corrected chi connectivity index (χ0v) is 18.5. The van der Waals surface area contributed by atoms with Crippen LogP contribution in [0.5, 0.6) is 0 Å². The first-order valence-electron chi connectivity index (χ1n) is 11.2. The van der Waals surface area contributed by atoms with E-state index in [0.29, 0.717) is 49.2 Å². The molecule has 1 saturated heterocycles. The van der Waals surface area contributed by atoms with Crippen molar-refractivity contribution in [3.8, 4) is 0 Å². The maximum Gasteiger partial charge on any atom is 0.307 e. The van der Waals surface area contributed by atoms with E-state index >= 15 is 0 Å². The van der Waals surface area contributed by atoms with Gasteiger partial charge in [-0.25, -0.2) is 0 Å². The number of thiophene rings is 1. The molecule has 1 aromatic heterocycles. The quantitative estimate of drug-likeness (QED) is 0.697. The smallest absolute Gasteiger partial charge is 0.307 e. The van der Waals surface area contributed by atoms with E-state index in [1.807, 2.05) is 12.2 Å². The molecule has 1 aromatic rings. The van der Waals surface area contributed by atoms with Crippen LogP contribution < -0.4 is 5.32 Å². The third-order valence-electron chi connectivity index (χ3n) is 7.31. The molecule has 2 fully saturated rings. The molecule has 0 spiro atoms. The molecular weight excluding hydrogens is 416 g/mol. The number of allylic oxidation sites excluding steroid dienone is 2. The van der Waals surface area contributed by atoms with Crippen LogP contribution in [0.1, 0.15) is 40.6 Å². The van der Waals surface area contributed by atoms with Crippen molar-refractivity contribution in [3.63, 3.8) is 0 Å². The Bertz CT molecular complexity index is 948. The maximum absolute atomic E-state index is 13.5. The highest BCUT2D eigenvalue weighted by Gasteiger charge is 2.52. The average molecular weight is 445 g/mol. The van der Waals surface area contributed by atoms with Crippen LogP contribution in [0.4, 0.5) is 5.00 Å². The Balaban J connectivity index is 1.46. The van der Waals surface area contributed by atoms with E-state index in [1.165, 1.54) is 16.2 Å². The summed E-state index contributed by atoms with van der Waals surface area (Å²) >= 11 is 1.50. The second-order valence-electron chi connectivity index (χ2n) is 9.29. The SMILES string of the molecule is C[C@H]1CCc2c(sc(NC(=O)[C@H]3[C@@H](C(=O)O)[C@H]4C=C[C@H]3C4)c2C(=O)N2CCOCC2)C1. The van der Waals surface area contributed by atoms with Gasteiger partial charge in [0.15, 0.2) is 0 Å². The molecule has 4 aliphatic rings. The van der Waals surface area contributed by atoms with Gasteiger partial charge in [0, 0.05) is 18.0 Å². The van der Waals surface area contributed by atoms with Crippen LogP contribution in [-0.4, -0.2) is 54.1 Å². The molecule has 2 amide bonds. The first-order chi connectivity index (χ1) is 14.9. The summed E-state index contributed by atoms with van der Waals surface area (Å²) in [5.41, 5.74) is 1.69. The molecular formula is C23H28N2O5S. The molecule has 5 rings (SSSR count). The number of hydrogen-bond acceptors (Lipinski definition) is 5. The summed E-state index contributed by atoms with van der Waals surface area (Å²) in [6, 6.07) is 0. The normalized spacial score (nSPS) is 31.5. The van der Waals surface area contributed by atoms with Crippen molar-refractivity contribution in [2.75, 3.05) is 31.6 Å². The van der Waals surface area contributed by atoms with E-state index in [4.69, 9.17) is 4.74 Å². The average Bonchev–Trinajstić information content (AvgIpc) is 3.46. The summed E-state index contributed by atoms with van der Waals surface area (Å²) < 4.78 is 5.40. The first kappa shape index (κ1) is 20.7. The van der Waals surface area contributed by atoms with Gasteiger partial charge in [-0.3, -0.25) is 14.4 Å². The molecule has 1 aliphatic heterocycles. The van der Waals surface area contributed by atoms with Crippen molar-refractivity contribution in [2.45, 2.75) is 32.6 Å². The molecule has 2 heterocycles. The van der Waals surface area contributed by atoms with Crippen LogP contribution in [0.3, 0.4) is 0 Å². The Labute approximate surface area is 185 Å². The molecule has 166 valence electrons. The van der Waals surface area contributed by atoms with Gasteiger partial charge in [0.25, 0.3) is 5.91 Å². The molecule has 7 nitrogen and oxygen atoms in total. The van der Waals surface area contributed by atoms with Crippen LogP contribution in [0.25, 0.3) is 0 Å². The van der Waals surface area contributed by atoms with Crippen LogP contribution in [0.15, 0.2) is 12.2 Å². The molecule has 2 bridgehead atoms. The highest BCUT2D eigenvalue weighted by Crippen LogP contribution is 2.49. The van der Waals surface area contributed by atoms with Crippen molar-refractivity contribution >= 4 is 34.1 Å². The number of carbonyl (C=O) groups is 3. The summed E-state index contributed by atoms with van der Waals surface area (Å²) in [5.74, 6) is -2.08. The number of amides is 2. The molecule has 5 atom stereocenters. The molecule has 1 saturated carbocycles. The number of carboxylic acids is 1. The van der Waals surface area contributed by atoms with Crippen molar-refractivity contribution in [1.82, 2.24) is 4.90 Å². The van der Waals surface area contributed by atoms with E-state index in [-0.39, 0.29) is 23.7 Å². The van der Waals surface area contributed by atoms with Gasteiger partial charge in [0.2, 0.25) is 5.91 Å². The Hall–Kier alpha value is -2.19. The van der Waals surface area contributed by atoms with Gasteiger partial charge in [-0.2, -0.15) is 0 Å². The molecule has 0 radical (unpaired) electrons. The minimum absolute atomic E-state index is 0.0425. The molecule has 0 aromatic carbocycles. The van der Waals surface area contributed by atoms with Crippen molar-refractivity contribution in [2.24, 2.45) is 29.6 Å². The van der Waals surface area contributed by atoms with Gasteiger partial charge >= 0.3 is 5.97 Å². The fourth-order valence-corrected chi connectivity index (χ4v) is 7.11. The molecule has 31 heavy (non-hydrogen) atoms. The van der Waals surface area contributed by atoms with Crippen molar-refractivity contribution < 1.29 is 24.2 Å². The zero-order chi connectivity index (χ0) is 21.7. The first-order valence-corrected chi connectivity index (χ1v) is 12.0. The summed E-state index contributed by atoms with van der Waals surface area (Å²) in [6.45, 7) is 4.35. The third kappa shape index (κ3) is 3.59. The van der Waals surface area contributed by atoms with Crippen molar-refractivity contribution in [3.05, 3.63) is 28.2 Å². The van der Waals surface area contributed by atoms with E-state index in [9.17, 15) is 19.5 Å². The largest absolute Gasteiger partial charge is 0.481 e. The maximum atomic E-state index is 13.5. The summed E-state index contributed by atoms with van der Waals surface area (Å²) in [5, 5.41) is 13.3. The van der Waals surface area contributed by atoms with Gasteiger partial charge in [-0.15, -0.1) is 11.3 Å². The number of carboxylic acid groups (broad SMARTS) is 1. The van der Waals surface area contributed by atoms with Crippen molar-refractivity contribution in [1.29, 1.82) is 0 Å². The van der Waals surface area contributed by atoms with Crippen LogP contribution in [0.2, 0.25) is 0 Å². The number of aliphatic carboxylic acids is 1. The Morgan fingerprint density at radius 1 is 1.16 bits per heavy atom. The monoisotopic (exact) mass is 444 g/mol. The number of morpholine rings is 1. The lowest BCUT2D eigenvalue weighted by atomic mass is 9.82. The van der Waals surface area contributed by atoms with E-state index in [0.717, 1.165) is 24.8 Å². The molecule has 2 N–H and O–H groups in total. The predicted octanol–water partition coefficient (Wildman–Crippen LogP) is 2.81. The lowest BCUT2D eigenvalue weighted by Gasteiger charge is -2.28. The van der Waals surface area contributed by atoms with E-state index in [1.54, 1.807) is 4.90 Å². The predicted molar refractivity (Wildman–Crippen MR) is 116 cm³/mol. The summed E-state index contributed by atoms with van der Waals surface area (Å²) in [4.78, 5) is 41.6. The molecule has 3 aliphatic carbocycles. The lowest BCUT2D eigenvalue weighted by Crippen LogP contribution is -2.41. The number of nitrogens with zero attached hydrogens (tertiary/aromatic N) is 1. The second kappa shape index (κ2) is 8.06. The topological polar surface area (TPSA) is 95.9 Å². The van der Waals surface area contributed by atoms with Gasteiger partial charge in [0.1, 0.15) is 5.00 Å². The lowest BCUT2D eigenvalue weighted by molar-refractivity contribution is -0.146. The minimum atomic E-state index is -0.916. The summed E-state index contributed by atoms with van der Waals surface area (Å²) in [7, 11) is 0. The Morgan fingerprint density at radius 3 is 2.58 bits per heavy atom. The minimum Gasteiger partial charge on any atom is -0.481 e. The number of nitrogens with one attached hydrogen (secondary N) is 1. The van der Waals surface area contributed by atoms with Crippen LogP contribution in [0, 0.1) is 29.6 Å². The van der Waals surface area contributed by atoms with E-state index in [2.05, 4.69) is 12.2 Å². The number of hydrogen-bond donors (Lipinski definition) is 2. The van der Waals surface area contributed by atoms with Gasteiger partial charge in [-0.05, 0) is 49.0 Å². The fraction of sp³-hybridized carbons (Fsp3) is 0.609. The van der Waals surface area contributed by atoms with Gasteiger partial charge < -0.3 is 20.1 Å². The van der Waals surface area contributed by atoms with Gasteiger partial charge in [-0.1, -0.05) is 19.1 Å². The number of carbonyl (C=O) groups excluding carboxylic acids is 2.